The maximum Gasteiger partial charge on any atom is 0.0756 e. The topological polar surface area (TPSA) is 29.9 Å². The van der Waals surface area contributed by atoms with Crippen LogP contribution < -0.4 is 5.32 Å². The first-order valence-corrected chi connectivity index (χ1v) is 7.84. The van der Waals surface area contributed by atoms with Crippen molar-refractivity contribution >= 4 is 11.3 Å². The van der Waals surface area contributed by atoms with Crippen molar-refractivity contribution in [2.75, 3.05) is 6.54 Å². The minimum atomic E-state index is 0.252. The second-order valence-corrected chi connectivity index (χ2v) is 6.03. The number of hydrogen-bond acceptors (Lipinski definition) is 3. The van der Waals surface area contributed by atoms with Crippen LogP contribution in [-0.4, -0.2) is 16.3 Å². The van der Waals surface area contributed by atoms with Crippen molar-refractivity contribution in [3.63, 3.8) is 0 Å². The molecule has 2 heterocycles. The van der Waals surface area contributed by atoms with Gasteiger partial charge in [0, 0.05) is 11.9 Å². The first kappa shape index (κ1) is 14.3. The summed E-state index contributed by atoms with van der Waals surface area (Å²) < 4.78 is 2.01. The second kappa shape index (κ2) is 6.35. The molecule has 1 unspecified atom stereocenters. The molecule has 4 heteroatoms. The highest BCUT2D eigenvalue weighted by atomic mass is 32.1. The Bertz CT molecular complexity index is 527. The molecule has 1 N–H and O–H groups in total. The fourth-order valence-corrected chi connectivity index (χ4v) is 3.01. The number of rotatable bonds is 6. The van der Waals surface area contributed by atoms with Gasteiger partial charge < -0.3 is 5.32 Å². The van der Waals surface area contributed by atoms with Gasteiger partial charge in [0.1, 0.15) is 0 Å². The summed E-state index contributed by atoms with van der Waals surface area (Å²) in [4.78, 5) is 1.36. The quantitative estimate of drug-likeness (QED) is 0.876. The van der Waals surface area contributed by atoms with Gasteiger partial charge in [-0.15, -0.1) is 11.3 Å². The lowest BCUT2D eigenvalue weighted by Crippen LogP contribution is -2.24. The van der Waals surface area contributed by atoms with Crippen LogP contribution in [-0.2, 0) is 13.5 Å². The van der Waals surface area contributed by atoms with Gasteiger partial charge >= 0.3 is 0 Å². The molecule has 19 heavy (non-hydrogen) atoms. The SMILES string of the molecule is CCCNC(c1csc(C)c1)c1cc(CC)nn1C. The van der Waals surface area contributed by atoms with E-state index in [-0.39, 0.29) is 6.04 Å². The highest BCUT2D eigenvalue weighted by molar-refractivity contribution is 7.10. The van der Waals surface area contributed by atoms with Crippen LogP contribution in [0.4, 0.5) is 0 Å². The first-order valence-electron chi connectivity index (χ1n) is 6.96. The summed E-state index contributed by atoms with van der Waals surface area (Å²) in [5.41, 5.74) is 3.76. The Labute approximate surface area is 119 Å². The predicted molar refractivity (Wildman–Crippen MR) is 81.8 cm³/mol. The van der Waals surface area contributed by atoms with Crippen LogP contribution in [0.3, 0.4) is 0 Å². The zero-order valence-corrected chi connectivity index (χ0v) is 13.0. The van der Waals surface area contributed by atoms with Crippen molar-refractivity contribution in [1.29, 1.82) is 0 Å². The van der Waals surface area contributed by atoms with Crippen molar-refractivity contribution in [3.8, 4) is 0 Å². The zero-order chi connectivity index (χ0) is 13.8. The average Bonchev–Trinajstić information content (AvgIpc) is 2.97. The van der Waals surface area contributed by atoms with Gasteiger partial charge in [0.2, 0.25) is 0 Å². The molecule has 1 atom stereocenters. The van der Waals surface area contributed by atoms with Gasteiger partial charge in [-0.3, -0.25) is 4.68 Å². The number of nitrogens with one attached hydrogen (secondary N) is 1. The van der Waals surface area contributed by atoms with Gasteiger partial charge in [-0.05, 0) is 49.4 Å². The van der Waals surface area contributed by atoms with E-state index in [0.29, 0.717) is 0 Å². The lowest BCUT2D eigenvalue weighted by Gasteiger charge is -2.17. The Balaban J connectivity index is 2.33. The van der Waals surface area contributed by atoms with E-state index in [2.05, 4.69) is 48.7 Å². The zero-order valence-electron chi connectivity index (χ0n) is 12.2. The molecule has 0 radical (unpaired) electrons. The van der Waals surface area contributed by atoms with Gasteiger partial charge in [0.25, 0.3) is 0 Å². The van der Waals surface area contributed by atoms with Crippen LogP contribution >= 0.6 is 11.3 Å². The molecule has 3 nitrogen and oxygen atoms in total. The molecule has 0 aliphatic carbocycles. The van der Waals surface area contributed by atoms with Crippen molar-refractivity contribution in [2.45, 2.75) is 39.7 Å². The summed E-state index contributed by atoms with van der Waals surface area (Å²) in [5, 5.41) is 10.5. The first-order chi connectivity index (χ1) is 9.15. The molecular weight excluding hydrogens is 254 g/mol. The maximum atomic E-state index is 4.57. The van der Waals surface area contributed by atoms with Crippen LogP contribution in [0.2, 0.25) is 0 Å². The van der Waals surface area contributed by atoms with Gasteiger partial charge in [-0.2, -0.15) is 5.10 Å². The van der Waals surface area contributed by atoms with Crippen molar-refractivity contribution in [2.24, 2.45) is 7.05 Å². The normalized spacial score (nSPS) is 12.8. The van der Waals surface area contributed by atoms with Gasteiger partial charge in [-0.25, -0.2) is 0 Å². The third-order valence-electron chi connectivity index (χ3n) is 3.31. The minimum absolute atomic E-state index is 0.252. The third-order valence-corrected chi connectivity index (χ3v) is 4.19. The summed E-state index contributed by atoms with van der Waals surface area (Å²) in [6.07, 6.45) is 2.12. The van der Waals surface area contributed by atoms with E-state index in [1.54, 1.807) is 0 Å². The van der Waals surface area contributed by atoms with Crippen molar-refractivity contribution < 1.29 is 0 Å². The molecule has 0 spiro atoms. The largest absolute Gasteiger partial charge is 0.305 e. The van der Waals surface area contributed by atoms with E-state index in [4.69, 9.17) is 0 Å². The molecule has 0 aliphatic rings. The maximum absolute atomic E-state index is 4.57. The van der Waals surface area contributed by atoms with E-state index in [9.17, 15) is 0 Å². The summed E-state index contributed by atoms with van der Waals surface area (Å²) in [5.74, 6) is 0. The lowest BCUT2D eigenvalue weighted by atomic mass is 10.1. The lowest BCUT2D eigenvalue weighted by molar-refractivity contribution is 0.554. The predicted octanol–water partition coefficient (Wildman–Crippen LogP) is 3.44. The monoisotopic (exact) mass is 277 g/mol. The Kier molecular flexibility index (Phi) is 4.77. The third kappa shape index (κ3) is 3.25. The molecule has 2 aromatic rings. The molecule has 0 saturated carbocycles. The minimum Gasteiger partial charge on any atom is -0.305 e. The highest BCUT2D eigenvalue weighted by Gasteiger charge is 2.19. The van der Waals surface area contributed by atoms with Crippen LogP contribution in [0.5, 0.6) is 0 Å². The Hall–Kier alpha value is -1.13. The number of aromatic nitrogens is 2. The number of hydrogen-bond donors (Lipinski definition) is 1. The number of thiophene rings is 1. The van der Waals surface area contributed by atoms with E-state index in [1.165, 1.54) is 16.1 Å². The molecule has 2 aromatic heterocycles. The molecule has 0 bridgehead atoms. The van der Waals surface area contributed by atoms with Crippen LogP contribution in [0, 0.1) is 6.92 Å². The Morgan fingerprint density at radius 1 is 1.37 bits per heavy atom. The molecule has 0 fully saturated rings. The summed E-state index contributed by atoms with van der Waals surface area (Å²) in [7, 11) is 2.04. The number of nitrogens with zero attached hydrogens (tertiary/aromatic N) is 2. The van der Waals surface area contributed by atoms with Crippen molar-refractivity contribution in [3.05, 3.63) is 39.3 Å². The molecule has 0 aromatic carbocycles. The second-order valence-electron chi connectivity index (χ2n) is 4.92. The number of aryl methyl sites for hydroxylation is 3. The standard InChI is InChI=1S/C15H23N3S/c1-5-7-16-15(12-8-11(3)19-10-12)14-9-13(6-2)17-18(14)4/h8-10,15-16H,5-7H2,1-4H3. The van der Waals surface area contributed by atoms with E-state index >= 15 is 0 Å². The molecule has 0 amide bonds. The Morgan fingerprint density at radius 3 is 2.68 bits per heavy atom. The Morgan fingerprint density at radius 2 is 2.16 bits per heavy atom. The van der Waals surface area contributed by atoms with Gasteiger partial charge in [0.05, 0.1) is 17.4 Å². The fourth-order valence-electron chi connectivity index (χ4n) is 2.28. The van der Waals surface area contributed by atoms with Crippen LogP contribution in [0.15, 0.2) is 17.5 Å². The fraction of sp³-hybridized carbons (Fsp3) is 0.533. The van der Waals surface area contributed by atoms with Crippen molar-refractivity contribution in [1.82, 2.24) is 15.1 Å². The summed E-state index contributed by atoms with van der Waals surface area (Å²) in [6.45, 7) is 7.52. The molecule has 104 valence electrons. The van der Waals surface area contributed by atoms with E-state index < -0.39 is 0 Å². The molecule has 2 rings (SSSR count). The van der Waals surface area contributed by atoms with Gasteiger partial charge in [0.15, 0.2) is 0 Å². The smallest absolute Gasteiger partial charge is 0.0756 e. The molecule has 0 aliphatic heterocycles. The average molecular weight is 277 g/mol. The highest BCUT2D eigenvalue weighted by Crippen LogP contribution is 2.26. The summed E-state index contributed by atoms with van der Waals surface area (Å²) >= 11 is 1.81. The van der Waals surface area contributed by atoms with Crippen LogP contribution in [0.1, 0.15) is 48.1 Å². The molecular formula is C15H23N3S. The van der Waals surface area contributed by atoms with E-state index in [0.717, 1.165) is 25.1 Å². The van der Waals surface area contributed by atoms with E-state index in [1.807, 2.05) is 23.1 Å². The van der Waals surface area contributed by atoms with Gasteiger partial charge in [-0.1, -0.05) is 13.8 Å². The molecule has 0 saturated heterocycles. The summed E-state index contributed by atoms with van der Waals surface area (Å²) in [6, 6.07) is 4.75. The van der Waals surface area contributed by atoms with Crippen LogP contribution in [0.25, 0.3) is 0 Å².